The molecule has 4 heteroatoms. The van der Waals surface area contributed by atoms with Crippen LogP contribution in [0.3, 0.4) is 0 Å². The number of carbonyl (C=O) groups excluding carboxylic acids is 1. The Morgan fingerprint density at radius 2 is 2.15 bits per heavy atom. The highest BCUT2D eigenvalue weighted by molar-refractivity contribution is 6.33. The van der Waals surface area contributed by atoms with Gasteiger partial charge >= 0.3 is 0 Å². The molecular formula is C9H10ClNO2. The number of ketones is 1. The van der Waals surface area contributed by atoms with Crippen LogP contribution in [0.1, 0.15) is 17.3 Å². The number of hydrogen-bond acceptors (Lipinski definition) is 3. The van der Waals surface area contributed by atoms with Crippen LogP contribution in [-0.2, 0) is 0 Å². The molecule has 0 aromatic heterocycles. The Hall–Kier alpha value is -1.22. The van der Waals surface area contributed by atoms with Gasteiger partial charge in [-0.1, -0.05) is 11.6 Å². The molecule has 0 aliphatic rings. The first kappa shape index (κ1) is 9.86. The van der Waals surface area contributed by atoms with Crippen molar-refractivity contribution < 1.29 is 9.53 Å². The summed E-state index contributed by atoms with van der Waals surface area (Å²) in [4.78, 5) is 11.1. The Kier molecular flexibility index (Phi) is 2.78. The van der Waals surface area contributed by atoms with Crippen molar-refractivity contribution in [1.82, 2.24) is 0 Å². The maximum absolute atomic E-state index is 11.1. The van der Waals surface area contributed by atoms with Crippen LogP contribution in [0.5, 0.6) is 5.75 Å². The third-order valence-electron chi connectivity index (χ3n) is 1.65. The molecule has 0 bridgehead atoms. The first-order chi connectivity index (χ1) is 6.06. The number of hydrogen-bond donors (Lipinski definition) is 1. The highest BCUT2D eigenvalue weighted by Gasteiger charge is 2.12. The number of anilines is 1. The van der Waals surface area contributed by atoms with Crippen molar-refractivity contribution in [2.75, 3.05) is 12.8 Å². The van der Waals surface area contributed by atoms with Crippen LogP contribution >= 0.6 is 11.6 Å². The summed E-state index contributed by atoms with van der Waals surface area (Å²) < 4.78 is 4.98. The summed E-state index contributed by atoms with van der Waals surface area (Å²) in [6.45, 7) is 1.44. The number of Topliss-reactive ketones (excluding diaryl/α,β-unsaturated/α-hetero) is 1. The van der Waals surface area contributed by atoms with Gasteiger partial charge in [0.05, 0.1) is 17.7 Å². The van der Waals surface area contributed by atoms with E-state index in [1.54, 1.807) is 12.1 Å². The van der Waals surface area contributed by atoms with Gasteiger partial charge in [0.25, 0.3) is 0 Å². The molecule has 2 N–H and O–H groups in total. The molecule has 0 radical (unpaired) electrons. The Labute approximate surface area is 81.4 Å². The minimum absolute atomic E-state index is 0.119. The first-order valence-electron chi connectivity index (χ1n) is 3.70. The van der Waals surface area contributed by atoms with Crippen LogP contribution < -0.4 is 10.5 Å². The molecular weight excluding hydrogens is 190 g/mol. The number of ether oxygens (including phenoxy) is 1. The topological polar surface area (TPSA) is 52.3 Å². The smallest absolute Gasteiger partial charge is 0.163 e. The van der Waals surface area contributed by atoms with E-state index in [-0.39, 0.29) is 5.78 Å². The van der Waals surface area contributed by atoms with E-state index < -0.39 is 0 Å². The number of halogens is 1. The summed E-state index contributed by atoms with van der Waals surface area (Å²) in [6.07, 6.45) is 0. The molecule has 1 aromatic rings. The van der Waals surface area contributed by atoms with E-state index in [2.05, 4.69) is 0 Å². The van der Waals surface area contributed by atoms with Gasteiger partial charge in [0.15, 0.2) is 5.78 Å². The molecule has 1 aromatic carbocycles. The van der Waals surface area contributed by atoms with Gasteiger partial charge in [-0.2, -0.15) is 0 Å². The zero-order valence-electron chi connectivity index (χ0n) is 7.43. The molecule has 0 aliphatic heterocycles. The second-order valence-corrected chi connectivity index (χ2v) is 3.05. The molecule has 0 spiro atoms. The average Bonchev–Trinajstić information content (AvgIpc) is 2.02. The number of methoxy groups -OCH3 is 1. The number of rotatable bonds is 2. The van der Waals surface area contributed by atoms with E-state index in [1.807, 2.05) is 0 Å². The zero-order valence-corrected chi connectivity index (χ0v) is 8.18. The van der Waals surface area contributed by atoms with Gasteiger partial charge in [-0.25, -0.2) is 0 Å². The van der Waals surface area contributed by atoms with Crippen LogP contribution in [0.4, 0.5) is 5.69 Å². The largest absolute Gasteiger partial charge is 0.494 e. The minimum Gasteiger partial charge on any atom is -0.494 e. The average molecular weight is 200 g/mol. The van der Waals surface area contributed by atoms with Crippen molar-refractivity contribution in [3.05, 3.63) is 22.7 Å². The summed E-state index contributed by atoms with van der Waals surface area (Å²) in [7, 11) is 1.46. The molecule has 1 rings (SSSR count). The van der Waals surface area contributed by atoms with Crippen molar-refractivity contribution in [3.8, 4) is 5.75 Å². The van der Waals surface area contributed by atoms with Gasteiger partial charge in [-0.3, -0.25) is 4.79 Å². The first-order valence-corrected chi connectivity index (χ1v) is 4.08. The van der Waals surface area contributed by atoms with Crippen molar-refractivity contribution >= 4 is 23.1 Å². The molecule has 0 atom stereocenters. The summed E-state index contributed by atoms with van der Waals surface area (Å²) in [5.74, 6) is 0.259. The molecule has 0 aliphatic carbocycles. The minimum atomic E-state index is -0.119. The molecule has 0 fully saturated rings. The van der Waals surface area contributed by atoms with Crippen molar-refractivity contribution in [2.45, 2.75) is 6.92 Å². The lowest BCUT2D eigenvalue weighted by molar-refractivity contribution is 0.101. The van der Waals surface area contributed by atoms with E-state index in [0.717, 1.165) is 0 Å². The normalized spacial score (nSPS) is 9.77. The van der Waals surface area contributed by atoms with Gasteiger partial charge < -0.3 is 10.5 Å². The van der Waals surface area contributed by atoms with E-state index in [4.69, 9.17) is 22.1 Å². The Balaban J connectivity index is 3.38. The molecule has 0 saturated carbocycles. The summed E-state index contributed by atoms with van der Waals surface area (Å²) in [5.41, 5.74) is 6.39. The maximum atomic E-state index is 11.1. The van der Waals surface area contributed by atoms with E-state index >= 15 is 0 Å². The van der Waals surface area contributed by atoms with Gasteiger partial charge in [0, 0.05) is 5.69 Å². The lowest BCUT2D eigenvalue weighted by Crippen LogP contribution is -2.00. The van der Waals surface area contributed by atoms with Crippen LogP contribution in [0, 0.1) is 0 Å². The van der Waals surface area contributed by atoms with Crippen LogP contribution in [0.15, 0.2) is 12.1 Å². The van der Waals surface area contributed by atoms with Crippen molar-refractivity contribution in [2.24, 2.45) is 0 Å². The van der Waals surface area contributed by atoms with Gasteiger partial charge in [-0.15, -0.1) is 0 Å². The lowest BCUT2D eigenvalue weighted by Gasteiger charge is -2.08. The van der Waals surface area contributed by atoms with Gasteiger partial charge in [0.2, 0.25) is 0 Å². The summed E-state index contributed by atoms with van der Waals surface area (Å²) >= 11 is 5.82. The zero-order chi connectivity index (χ0) is 10.0. The molecule has 13 heavy (non-hydrogen) atoms. The second-order valence-electron chi connectivity index (χ2n) is 2.64. The van der Waals surface area contributed by atoms with E-state index in [1.165, 1.54) is 14.0 Å². The monoisotopic (exact) mass is 199 g/mol. The molecule has 0 unspecified atom stereocenters. The molecule has 3 nitrogen and oxygen atoms in total. The van der Waals surface area contributed by atoms with E-state index in [0.29, 0.717) is 22.0 Å². The van der Waals surface area contributed by atoms with Gasteiger partial charge in [0.1, 0.15) is 5.75 Å². The standard InChI is InChI=1S/C9H10ClNO2/c1-5(12)7-3-6(11)4-8(10)9(7)13-2/h3-4H,11H2,1-2H3. The van der Waals surface area contributed by atoms with Crippen molar-refractivity contribution in [1.29, 1.82) is 0 Å². The Morgan fingerprint density at radius 3 is 2.62 bits per heavy atom. The molecule has 70 valence electrons. The fourth-order valence-corrected chi connectivity index (χ4v) is 1.39. The van der Waals surface area contributed by atoms with Crippen LogP contribution in [-0.4, -0.2) is 12.9 Å². The SMILES string of the molecule is COc1c(Cl)cc(N)cc1C(C)=O. The third-order valence-corrected chi connectivity index (χ3v) is 1.93. The van der Waals surface area contributed by atoms with Gasteiger partial charge in [-0.05, 0) is 19.1 Å². The Morgan fingerprint density at radius 1 is 1.54 bits per heavy atom. The quantitative estimate of drug-likeness (QED) is 0.587. The number of nitrogen functional groups attached to an aromatic ring is 1. The van der Waals surface area contributed by atoms with E-state index in [9.17, 15) is 4.79 Å². The highest BCUT2D eigenvalue weighted by atomic mass is 35.5. The third kappa shape index (κ3) is 1.92. The lowest BCUT2D eigenvalue weighted by atomic mass is 10.1. The fraction of sp³-hybridized carbons (Fsp3) is 0.222. The molecule has 0 heterocycles. The second kappa shape index (κ2) is 3.66. The van der Waals surface area contributed by atoms with Crippen LogP contribution in [0.2, 0.25) is 5.02 Å². The Bertz CT molecular complexity index is 350. The number of benzene rings is 1. The summed E-state index contributed by atoms with van der Waals surface area (Å²) in [6, 6.07) is 3.10. The predicted octanol–water partition coefficient (Wildman–Crippen LogP) is 2.13. The molecule has 0 saturated heterocycles. The highest BCUT2D eigenvalue weighted by Crippen LogP contribution is 2.31. The maximum Gasteiger partial charge on any atom is 0.163 e. The number of carbonyl (C=O) groups is 1. The van der Waals surface area contributed by atoms with Crippen molar-refractivity contribution in [3.63, 3.8) is 0 Å². The predicted molar refractivity (Wildman–Crippen MR) is 52.4 cm³/mol. The summed E-state index contributed by atoms with van der Waals surface area (Å²) in [5, 5.41) is 0.354. The fourth-order valence-electron chi connectivity index (χ4n) is 1.08. The number of nitrogens with two attached hydrogens (primary N) is 1. The molecule has 0 amide bonds. The van der Waals surface area contributed by atoms with Crippen LogP contribution in [0.25, 0.3) is 0 Å².